The van der Waals surface area contributed by atoms with Gasteiger partial charge in [-0.3, -0.25) is 4.79 Å². The number of carboxylic acids is 1. The largest absolute Gasteiger partial charge is 0.478 e. The molecule has 0 aromatic heterocycles. The molecule has 0 fully saturated rings. The second-order valence-electron chi connectivity index (χ2n) is 7.07. The number of nitrogens with zero attached hydrogens (tertiary/aromatic N) is 2. The second kappa shape index (κ2) is 11.2. The predicted octanol–water partition coefficient (Wildman–Crippen LogP) is 2.77. The van der Waals surface area contributed by atoms with E-state index in [9.17, 15) is 23.1 Å². The predicted molar refractivity (Wildman–Crippen MR) is 124 cm³/mol. The topological polar surface area (TPSA) is 116 Å². The van der Waals surface area contributed by atoms with Gasteiger partial charge < -0.3 is 5.11 Å². The van der Waals surface area contributed by atoms with Crippen molar-refractivity contribution in [2.24, 2.45) is 5.10 Å². The van der Waals surface area contributed by atoms with E-state index in [1.165, 1.54) is 24.4 Å². The number of sulfonamides is 1. The van der Waals surface area contributed by atoms with E-state index in [2.05, 4.69) is 10.5 Å². The number of rotatable bonds is 10. The zero-order chi connectivity index (χ0) is 23.7. The van der Waals surface area contributed by atoms with Gasteiger partial charge in [-0.15, -0.1) is 0 Å². The number of benzene rings is 3. The molecule has 33 heavy (non-hydrogen) atoms. The van der Waals surface area contributed by atoms with Gasteiger partial charge in [0.1, 0.15) is 0 Å². The van der Waals surface area contributed by atoms with E-state index in [0.29, 0.717) is 12.0 Å². The Kier molecular flexibility index (Phi) is 8.06. The zero-order valence-corrected chi connectivity index (χ0v) is 18.5. The Balaban J connectivity index is 1.74. The van der Waals surface area contributed by atoms with Crippen LogP contribution in [0.1, 0.15) is 21.5 Å². The minimum Gasteiger partial charge on any atom is -0.478 e. The van der Waals surface area contributed by atoms with Crippen molar-refractivity contribution in [3.8, 4) is 0 Å². The van der Waals surface area contributed by atoms with Crippen LogP contribution in [0, 0.1) is 0 Å². The van der Waals surface area contributed by atoms with E-state index in [4.69, 9.17) is 0 Å². The first-order valence-electron chi connectivity index (χ1n) is 10.1. The van der Waals surface area contributed by atoms with E-state index in [1.807, 2.05) is 30.3 Å². The number of aromatic carboxylic acids is 1. The standard InChI is InChI=1S/C24H23N3O5S/c28-23(26-25-17-20-11-7-8-14-22(20)24(29)30)18-27(16-15-19-9-3-1-4-10-19)33(31,32)21-12-5-2-6-13-21/h1-14,17H,15-16,18H2,(H,26,28)(H,29,30)/b25-17-. The molecule has 0 bridgehead atoms. The summed E-state index contributed by atoms with van der Waals surface area (Å²) in [4.78, 5) is 23.9. The number of carboxylic acid groups (broad SMARTS) is 1. The highest BCUT2D eigenvalue weighted by molar-refractivity contribution is 7.89. The van der Waals surface area contributed by atoms with Crippen molar-refractivity contribution in [2.75, 3.05) is 13.1 Å². The zero-order valence-electron chi connectivity index (χ0n) is 17.7. The summed E-state index contributed by atoms with van der Waals surface area (Å²) in [5, 5.41) is 13.0. The molecule has 0 unspecified atom stereocenters. The Labute approximate surface area is 192 Å². The van der Waals surface area contributed by atoms with Gasteiger partial charge >= 0.3 is 5.97 Å². The maximum atomic E-state index is 13.1. The quantitative estimate of drug-likeness (QED) is 0.353. The molecule has 3 aromatic carbocycles. The SMILES string of the molecule is O=C(CN(CCc1ccccc1)S(=O)(=O)c1ccccc1)N/N=C\c1ccccc1C(=O)O. The lowest BCUT2D eigenvalue weighted by molar-refractivity contribution is -0.121. The van der Waals surface area contributed by atoms with Gasteiger partial charge in [0.05, 0.1) is 23.2 Å². The lowest BCUT2D eigenvalue weighted by Crippen LogP contribution is -2.40. The number of hydrazone groups is 1. The molecule has 0 aliphatic carbocycles. The van der Waals surface area contributed by atoms with Gasteiger partial charge in [0, 0.05) is 12.1 Å². The molecule has 0 saturated carbocycles. The molecule has 9 heteroatoms. The van der Waals surface area contributed by atoms with E-state index in [-0.39, 0.29) is 17.0 Å². The summed E-state index contributed by atoms with van der Waals surface area (Å²) in [7, 11) is -3.92. The number of amides is 1. The Morgan fingerprint density at radius 3 is 2.18 bits per heavy atom. The van der Waals surface area contributed by atoms with Gasteiger partial charge in [-0.1, -0.05) is 66.7 Å². The van der Waals surface area contributed by atoms with Crippen molar-refractivity contribution < 1.29 is 23.1 Å². The Bertz CT molecular complexity index is 1230. The maximum absolute atomic E-state index is 13.1. The monoisotopic (exact) mass is 465 g/mol. The first-order chi connectivity index (χ1) is 15.9. The van der Waals surface area contributed by atoms with Crippen LogP contribution >= 0.6 is 0 Å². The molecule has 1 amide bonds. The smallest absolute Gasteiger partial charge is 0.336 e. The van der Waals surface area contributed by atoms with Crippen LogP contribution in [-0.2, 0) is 21.2 Å². The van der Waals surface area contributed by atoms with E-state index < -0.39 is 28.4 Å². The highest BCUT2D eigenvalue weighted by atomic mass is 32.2. The summed E-state index contributed by atoms with van der Waals surface area (Å²) >= 11 is 0. The van der Waals surface area contributed by atoms with E-state index in [1.54, 1.807) is 36.4 Å². The van der Waals surface area contributed by atoms with Crippen LogP contribution in [0.2, 0.25) is 0 Å². The average molecular weight is 466 g/mol. The fourth-order valence-corrected chi connectivity index (χ4v) is 4.52. The number of nitrogens with one attached hydrogen (secondary N) is 1. The Morgan fingerprint density at radius 2 is 1.52 bits per heavy atom. The molecule has 0 radical (unpaired) electrons. The molecule has 3 aromatic rings. The molecule has 3 rings (SSSR count). The van der Waals surface area contributed by atoms with Crippen molar-refractivity contribution in [3.05, 3.63) is 102 Å². The number of carbonyl (C=O) groups is 2. The fourth-order valence-electron chi connectivity index (χ4n) is 3.10. The number of carbonyl (C=O) groups excluding carboxylic acids is 1. The third-order valence-corrected chi connectivity index (χ3v) is 6.64. The van der Waals surface area contributed by atoms with Crippen LogP contribution in [-0.4, -0.2) is 49.0 Å². The minimum absolute atomic E-state index is 0.0339. The van der Waals surface area contributed by atoms with Crippen LogP contribution in [0.5, 0.6) is 0 Å². The van der Waals surface area contributed by atoms with Crippen LogP contribution in [0.25, 0.3) is 0 Å². The van der Waals surface area contributed by atoms with Gasteiger partial charge in [-0.05, 0) is 30.2 Å². The van der Waals surface area contributed by atoms with E-state index in [0.717, 1.165) is 9.87 Å². The normalized spacial score (nSPS) is 11.5. The second-order valence-corrected chi connectivity index (χ2v) is 9.01. The lowest BCUT2D eigenvalue weighted by Gasteiger charge is -2.21. The summed E-state index contributed by atoms with van der Waals surface area (Å²) in [5.74, 6) is -1.77. The van der Waals surface area contributed by atoms with Crippen molar-refractivity contribution in [2.45, 2.75) is 11.3 Å². The first kappa shape index (κ1) is 23.8. The number of hydrogen-bond donors (Lipinski definition) is 2. The van der Waals surface area contributed by atoms with Crippen LogP contribution in [0.15, 0.2) is 94.9 Å². The van der Waals surface area contributed by atoms with E-state index >= 15 is 0 Å². The van der Waals surface area contributed by atoms with Crippen LogP contribution < -0.4 is 5.43 Å². The average Bonchev–Trinajstić information content (AvgIpc) is 2.83. The lowest BCUT2D eigenvalue weighted by atomic mass is 10.1. The molecule has 0 aliphatic heterocycles. The van der Waals surface area contributed by atoms with Crippen LogP contribution in [0.4, 0.5) is 0 Å². The maximum Gasteiger partial charge on any atom is 0.336 e. The molecule has 0 spiro atoms. The van der Waals surface area contributed by atoms with Gasteiger partial charge in [0.2, 0.25) is 10.0 Å². The molecule has 0 heterocycles. The molecular formula is C24H23N3O5S. The third kappa shape index (κ3) is 6.58. The molecule has 2 N–H and O–H groups in total. The molecule has 8 nitrogen and oxygen atoms in total. The summed E-state index contributed by atoms with van der Waals surface area (Å²) in [5.41, 5.74) is 3.56. The van der Waals surface area contributed by atoms with Crippen LogP contribution in [0.3, 0.4) is 0 Å². The summed E-state index contributed by atoms with van der Waals surface area (Å²) in [6, 6.07) is 23.5. The molecule has 0 atom stereocenters. The fraction of sp³-hybridized carbons (Fsp3) is 0.125. The molecule has 0 aliphatic rings. The van der Waals surface area contributed by atoms with Gasteiger partial charge in [0.15, 0.2) is 0 Å². The van der Waals surface area contributed by atoms with Crippen molar-refractivity contribution >= 4 is 28.1 Å². The third-order valence-electron chi connectivity index (χ3n) is 4.78. The van der Waals surface area contributed by atoms with Gasteiger partial charge in [-0.2, -0.15) is 9.41 Å². The highest BCUT2D eigenvalue weighted by Crippen LogP contribution is 2.16. The van der Waals surface area contributed by atoms with Gasteiger partial charge in [0.25, 0.3) is 5.91 Å². The summed E-state index contributed by atoms with van der Waals surface area (Å²) in [6.07, 6.45) is 1.64. The first-order valence-corrected chi connectivity index (χ1v) is 11.6. The van der Waals surface area contributed by atoms with Crippen molar-refractivity contribution in [1.82, 2.24) is 9.73 Å². The Hall–Kier alpha value is -3.82. The molecule has 170 valence electrons. The highest BCUT2D eigenvalue weighted by Gasteiger charge is 2.26. The Morgan fingerprint density at radius 1 is 0.909 bits per heavy atom. The van der Waals surface area contributed by atoms with Crippen molar-refractivity contribution in [3.63, 3.8) is 0 Å². The summed E-state index contributed by atoms with van der Waals surface area (Å²) < 4.78 is 27.4. The van der Waals surface area contributed by atoms with Crippen molar-refractivity contribution in [1.29, 1.82) is 0 Å². The molecule has 0 saturated heterocycles. The summed E-state index contributed by atoms with van der Waals surface area (Å²) in [6.45, 7) is -0.345. The molecular weight excluding hydrogens is 442 g/mol. The minimum atomic E-state index is -3.92. The number of hydrogen-bond acceptors (Lipinski definition) is 5. The van der Waals surface area contributed by atoms with Gasteiger partial charge in [-0.25, -0.2) is 18.6 Å².